The number of thiophene rings is 1. The zero-order valence-electron chi connectivity index (χ0n) is 9.50. The number of benzene rings is 1. The standard InChI is InChI=1S/C12H11N3OS2/c13-5-11-14-15-12(16-11)18-7-8-6-17-10-4-2-1-3-9(8)10/h1-4,6H,5,7,13H2. The van der Waals surface area contributed by atoms with Crippen molar-refractivity contribution in [3.63, 3.8) is 0 Å². The lowest BCUT2D eigenvalue weighted by molar-refractivity contribution is 0.415. The minimum Gasteiger partial charge on any atom is -0.415 e. The van der Waals surface area contributed by atoms with Crippen LogP contribution in [-0.2, 0) is 12.3 Å². The predicted octanol–water partition coefficient (Wildman–Crippen LogP) is 3.04. The van der Waals surface area contributed by atoms with Crippen molar-refractivity contribution >= 4 is 33.2 Å². The molecule has 2 aromatic heterocycles. The maximum atomic E-state index is 5.42. The van der Waals surface area contributed by atoms with Crippen LogP contribution in [-0.4, -0.2) is 10.2 Å². The number of rotatable bonds is 4. The van der Waals surface area contributed by atoms with Crippen molar-refractivity contribution < 1.29 is 4.42 Å². The van der Waals surface area contributed by atoms with Crippen LogP contribution in [0.5, 0.6) is 0 Å². The minimum absolute atomic E-state index is 0.287. The van der Waals surface area contributed by atoms with Crippen LogP contribution < -0.4 is 5.73 Å². The smallest absolute Gasteiger partial charge is 0.276 e. The summed E-state index contributed by atoms with van der Waals surface area (Å²) in [6.07, 6.45) is 0. The average molecular weight is 277 g/mol. The quantitative estimate of drug-likeness (QED) is 0.742. The Morgan fingerprint density at radius 2 is 2.17 bits per heavy atom. The van der Waals surface area contributed by atoms with Crippen molar-refractivity contribution in [2.45, 2.75) is 17.5 Å². The molecule has 0 atom stereocenters. The Balaban J connectivity index is 1.76. The van der Waals surface area contributed by atoms with Gasteiger partial charge in [0.05, 0.1) is 6.54 Å². The van der Waals surface area contributed by atoms with E-state index in [2.05, 4.69) is 39.8 Å². The van der Waals surface area contributed by atoms with E-state index in [1.165, 1.54) is 15.6 Å². The lowest BCUT2D eigenvalue weighted by Crippen LogP contribution is -1.95. The number of fused-ring (bicyclic) bond motifs is 1. The second-order valence-electron chi connectivity index (χ2n) is 3.71. The second kappa shape index (κ2) is 5.09. The Labute approximate surface area is 112 Å². The van der Waals surface area contributed by atoms with Gasteiger partial charge in [-0.1, -0.05) is 30.0 Å². The highest BCUT2D eigenvalue weighted by molar-refractivity contribution is 7.98. The molecule has 0 aliphatic heterocycles. The molecule has 0 aliphatic carbocycles. The highest BCUT2D eigenvalue weighted by Crippen LogP contribution is 2.30. The number of nitrogens with two attached hydrogens (primary N) is 1. The van der Waals surface area contributed by atoms with Crippen molar-refractivity contribution in [1.82, 2.24) is 10.2 Å². The molecular formula is C12H11N3OS2. The zero-order chi connectivity index (χ0) is 12.4. The number of hydrogen-bond donors (Lipinski definition) is 1. The number of aromatic nitrogens is 2. The molecule has 2 heterocycles. The van der Waals surface area contributed by atoms with Gasteiger partial charge in [0, 0.05) is 10.5 Å². The Bertz CT molecular complexity index is 662. The van der Waals surface area contributed by atoms with Gasteiger partial charge in [0.25, 0.3) is 5.22 Å². The molecule has 18 heavy (non-hydrogen) atoms. The predicted molar refractivity (Wildman–Crippen MR) is 73.6 cm³/mol. The van der Waals surface area contributed by atoms with E-state index >= 15 is 0 Å². The zero-order valence-corrected chi connectivity index (χ0v) is 11.1. The molecule has 0 saturated heterocycles. The first-order chi connectivity index (χ1) is 8.86. The second-order valence-corrected chi connectivity index (χ2v) is 5.55. The largest absolute Gasteiger partial charge is 0.415 e. The number of thioether (sulfide) groups is 1. The monoisotopic (exact) mass is 277 g/mol. The summed E-state index contributed by atoms with van der Waals surface area (Å²) >= 11 is 3.30. The molecule has 4 nitrogen and oxygen atoms in total. The molecule has 0 spiro atoms. The van der Waals surface area contributed by atoms with E-state index in [1.54, 1.807) is 23.1 Å². The lowest BCUT2D eigenvalue weighted by atomic mass is 10.2. The van der Waals surface area contributed by atoms with Crippen LogP contribution >= 0.6 is 23.1 Å². The first-order valence-corrected chi connectivity index (χ1v) is 7.33. The molecular weight excluding hydrogens is 266 g/mol. The Morgan fingerprint density at radius 1 is 1.28 bits per heavy atom. The van der Waals surface area contributed by atoms with Crippen molar-refractivity contribution in [3.8, 4) is 0 Å². The Kier molecular flexibility index (Phi) is 3.31. The summed E-state index contributed by atoms with van der Waals surface area (Å²) in [5.74, 6) is 1.31. The van der Waals surface area contributed by atoms with Crippen molar-refractivity contribution in [2.24, 2.45) is 5.73 Å². The summed E-state index contributed by atoms with van der Waals surface area (Å²) in [6, 6.07) is 8.39. The fourth-order valence-corrected chi connectivity index (χ4v) is 3.50. The van der Waals surface area contributed by atoms with E-state index in [0.29, 0.717) is 11.1 Å². The van der Waals surface area contributed by atoms with Gasteiger partial charge in [-0.15, -0.1) is 21.5 Å². The molecule has 0 fully saturated rings. The number of nitrogens with zero attached hydrogens (tertiary/aromatic N) is 2. The van der Waals surface area contributed by atoms with E-state index in [9.17, 15) is 0 Å². The maximum Gasteiger partial charge on any atom is 0.276 e. The first-order valence-electron chi connectivity index (χ1n) is 5.47. The summed E-state index contributed by atoms with van der Waals surface area (Å²) in [4.78, 5) is 0. The molecule has 0 saturated carbocycles. The fourth-order valence-electron chi connectivity index (χ4n) is 1.66. The molecule has 3 rings (SSSR count). The molecule has 0 radical (unpaired) electrons. The van der Waals surface area contributed by atoms with Crippen molar-refractivity contribution in [2.75, 3.05) is 0 Å². The fraction of sp³-hybridized carbons (Fsp3) is 0.167. The highest BCUT2D eigenvalue weighted by atomic mass is 32.2. The topological polar surface area (TPSA) is 64.9 Å². The first kappa shape index (κ1) is 11.7. The Hall–Kier alpha value is -1.37. The molecule has 0 aliphatic rings. The maximum absolute atomic E-state index is 5.42. The number of hydrogen-bond acceptors (Lipinski definition) is 6. The summed E-state index contributed by atoms with van der Waals surface area (Å²) in [5, 5.41) is 11.8. The molecule has 2 N–H and O–H groups in total. The minimum atomic E-state index is 0.287. The molecule has 0 amide bonds. The molecule has 6 heteroatoms. The lowest BCUT2D eigenvalue weighted by Gasteiger charge is -1.96. The average Bonchev–Trinajstić information content (AvgIpc) is 3.03. The van der Waals surface area contributed by atoms with Gasteiger partial charge in [0.1, 0.15) is 0 Å². The summed E-state index contributed by atoms with van der Waals surface area (Å²) in [6.45, 7) is 0.287. The molecule has 0 bridgehead atoms. The Morgan fingerprint density at radius 3 is 3.00 bits per heavy atom. The van der Waals surface area contributed by atoms with Gasteiger partial charge in [-0.2, -0.15) is 0 Å². The van der Waals surface area contributed by atoms with E-state index in [0.717, 1.165) is 5.75 Å². The van der Waals surface area contributed by atoms with Crippen LogP contribution in [0.15, 0.2) is 39.3 Å². The third kappa shape index (κ3) is 2.27. The summed E-state index contributed by atoms with van der Waals surface area (Å²) in [7, 11) is 0. The van der Waals surface area contributed by atoms with Gasteiger partial charge in [-0.05, 0) is 22.4 Å². The molecule has 92 valence electrons. The van der Waals surface area contributed by atoms with Gasteiger partial charge < -0.3 is 10.2 Å². The normalized spacial score (nSPS) is 11.2. The van der Waals surface area contributed by atoms with Gasteiger partial charge in [0.2, 0.25) is 5.89 Å². The van der Waals surface area contributed by atoms with Gasteiger partial charge >= 0.3 is 0 Å². The summed E-state index contributed by atoms with van der Waals surface area (Å²) < 4.78 is 6.67. The van der Waals surface area contributed by atoms with E-state index in [1.807, 2.05) is 0 Å². The molecule has 3 aromatic rings. The van der Waals surface area contributed by atoms with E-state index in [4.69, 9.17) is 10.2 Å². The van der Waals surface area contributed by atoms with Crippen molar-refractivity contribution in [3.05, 3.63) is 41.1 Å². The van der Waals surface area contributed by atoms with Crippen LogP contribution in [0.25, 0.3) is 10.1 Å². The van der Waals surface area contributed by atoms with Crippen LogP contribution in [0.4, 0.5) is 0 Å². The molecule has 0 unspecified atom stereocenters. The highest BCUT2D eigenvalue weighted by Gasteiger charge is 2.08. The third-order valence-corrected chi connectivity index (χ3v) is 4.41. The van der Waals surface area contributed by atoms with Crippen LogP contribution in [0.3, 0.4) is 0 Å². The van der Waals surface area contributed by atoms with Gasteiger partial charge in [-0.3, -0.25) is 0 Å². The van der Waals surface area contributed by atoms with Gasteiger partial charge in [0.15, 0.2) is 0 Å². The SMILES string of the molecule is NCc1nnc(SCc2csc3ccccc23)o1. The summed E-state index contributed by atoms with van der Waals surface area (Å²) in [5.41, 5.74) is 6.72. The van der Waals surface area contributed by atoms with Crippen LogP contribution in [0.1, 0.15) is 11.5 Å². The third-order valence-electron chi connectivity index (χ3n) is 2.54. The van der Waals surface area contributed by atoms with E-state index < -0.39 is 0 Å². The molecule has 1 aromatic carbocycles. The van der Waals surface area contributed by atoms with Gasteiger partial charge in [-0.25, -0.2) is 0 Å². The van der Waals surface area contributed by atoms with Crippen LogP contribution in [0.2, 0.25) is 0 Å². The van der Waals surface area contributed by atoms with Crippen LogP contribution in [0, 0.1) is 0 Å². The van der Waals surface area contributed by atoms with Crippen molar-refractivity contribution in [1.29, 1.82) is 0 Å². The van der Waals surface area contributed by atoms with E-state index in [-0.39, 0.29) is 6.54 Å².